The van der Waals surface area contributed by atoms with Gasteiger partial charge in [-0.3, -0.25) is 19.4 Å². The van der Waals surface area contributed by atoms with Gasteiger partial charge in [-0.15, -0.1) is 0 Å². The number of aryl methyl sites for hydroxylation is 2. The lowest BCUT2D eigenvalue weighted by molar-refractivity contribution is -0.131. The van der Waals surface area contributed by atoms with E-state index in [1.807, 2.05) is 19.9 Å². The Hall–Kier alpha value is -1.70. The summed E-state index contributed by atoms with van der Waals surface area (Å²) in [4.78, 5) is 34.8. The number of carbonyl (C=O) groups is 1. The molecule has 4 atom stereocenters. The number of rotatable bonds is 9. The fourth-order valence-electron chi connectivity index (χ4n) is 9.00. The first-order valence-corrected chi connectivity index (χ1v) is 16.9. The van der Waals surface area contributed by atoms with E-state index < -0.39 is 0 Å². The van der Waals surface area contributed by atoms with Gasteiger partial charge in [0.05, 0.1) is 13.2 Å². The van der Waals surface area contributed by atoms with E-state index in [4.69, 9.17) is 4.74 Å². The fourth-order valence-corrected chi connectivity index (χ4v) is 9.00. The summed E-state index contributed by atoms with van der Waals surface area (Å²) in [7, 11) is 0. The van der Waals surface area contributed by atoms with Crippen LogP contribution < -0.4 is 10.9 Å². The van der Waals surface area contributed by atoms with Crippen LogP contribution in [0.25, 0.3) is 0 Å². The minimum absolute atomic E-state index is 0.00473. The van der Waals surface area contributed by atoms with Gasteiger partial charge in [0.25, 0.3) is 5.56 Å². The maximum Gasteiger partial charge on any atom is 0.253 e. The van der Waals surface area contributed by atoms with Crippen molar-refractivity contribution in [2.75, 3.05) is 39.4 Å². The number of nitrogens with zero attached hydrogens (tertiary/aromatic N) is 2. The number of amides is 1. The molecule has 1 saturated heterocycles. The monoisotopic (exact) mass is 568 g/mol. The summed E-state index contributed by atoms with van der Waals surface area (Å²) < 4.78 is 5.56. The van der Waals surface area contributed by atoms with Gasteiger partial charge in [-0.25, -0.2) is 0 Å². The second kappa shape index (κ2) is 14.2. The predicted octanol–water partition coefficient (Wildman–Crippen LogP) is 5.04. The van der Waals surface area contributed by atoms with Crippen LogP contribution in [0.2, 0.25) is 0 Å². The molecule has 7 nitrogen and oxygen atoms in total. The normalized spacial score (nSPS) is 31.9. The molecule has 1 amide bonds. The van der Waals surface area contributed by atoms with Crippen LogP contribution in [0, 0.1) is 43.4 Å². The van der Waals surface area contributed by atoms with Gasteiger partial charge >= 0.3 is 0 Å². The molecule has 7 heteroatoms. The molecule has 0 bridgehead atoms. The second-order valence-electron chi connectivity index (χ2n) is 13.9. The smallest absolute Gasteiger partial charge is 0.253 e. The van der Waals surface area contributed by atoms with E-state index in [1.165, 1.54) is 64.3 Å². The van der Waals surface area contributed by atoms with Gasteiger partial charge < -0.3 is 15.0 Å². The number of aromatic nitrogens is 1. The Bertz CT molecular complexity index is 1050. The van der Waals surface area contributed by atoms with E-state index in [0.717, 1.165) is 62.4 Å². The van der Waals surface area contributed by atoms with Gasteiger partial charge in [-0.05, 0) is 107 Å². The average Bonchev–Trinajstić information content (AvgIpc) is 3.49. The van der Waals surface area contributed by atoms with Gasteiger partial charge in [0.1, 0.15) is 0 Å². The minimum Gasteiger partial charge on any atom is -0.379 e. The Morgan fingerprint density at radius 2 is 1.76 bits per heavy atom. The summed E-state index contributed by atoms with van der Waals surface area (Å²) in [6.45, 7) is 15.1. The number of ether oxygens (including phenoxy) is 1. The van der Waals surface area contributed by atoms with Gasteiger partial charge in [-0.1, -0.05) is 26.7 Å². The van der Waals surface area contributed by atoms with Crippen LogP contribution in [-0.4, -0.2) is 72.2 Å². The molecule has 2 heterocycles. The van der Waals surface area contributed by atoms with Crippen LogP contribution >= 0.6 is 0 Å². The minimum atomic E-state index is -0.0810. The molecule has 41 heavy (non-hydrogen) atoms. The zero-order valence-corrected chi connectivity index (χ0v) is 26.3. The lowest BCUT2D eigenvalue weighted by Gasteiger charge is -2.49. The highest BCUT2D eigenvalue weighted by Crippen LogP contribution is 2.46. The Kier molecular flexibility index (Phi) is 10.6. The summed E-state index contributed by atoms with van der Waals surface area (Å²) in [5.41, 5.74) is 2.41. The van der Waals surface area contributed by atoms with Crippen molar-refractivity contribution in [2.24, 2.45) is 29.6 Å². The van der Waals surface area contributed by atoms with Crippen molar-refractivity contribution in [1.29, 1.82) is 0 Å². The molecule has 4 fully saturated rings. The topological polar surface area (TPSA) is 77.7 Å². The van der Waals surface area contributed by atoms with E-state index in [9.17, 15) is 9.59 Å². The number of hydrogen-bond acceptors (Lipinski definition) is 5. The third-order valence-electron chi connectivity index (χ3n) is 11.4. The van der Waals surface area contributed by atoms with E-state index in [-0.39, 0.29) is 17.4 Å². The molecule has 2 N–H and O–H groups in total. The molecule has 3 aliphatic carbocycles. The lowest BCUT2D eigenvalue weighted by atomic mass is 9.63. The van der Waals surface area contributed by atoms with Gasteiger partial charge in [0.15, 0.2) is 0 Å². The number of carbonyl (C=O) groups excluding carboxylic acids is 1. The Labute approximate surface area is 248 Å². The van der Waals surface area contributed by atoms with Crippen molar-refractivity contribution >= 4 is 5.91 Å². The van der Waals surface area contributed by atoms with Gasteiger partial charge in [0.2, 0.25) is 5.91 Å². The highest BCUT2D eigenvalue weighted by molar-refractivity contribution is 5.79. The fraction of sp³-hybridized carbons (Fsp3) is 0.824. The molecule has 1 aliphatic heterocycles. The standard InChI is InChI=1S/C34H56N4O3/c1-5-38(29-8-6-7-9-29)32-20-28(27-12-10-26(11-13-27)22-37-14-16-41-17-15-37)19-30(25(32)4)33(39)35-21-31-23(2)18-24(3)36-34(31)40/h18,25-30,32H,5-17,19-22H2,1-4H3,(H,35,39)(H,36,40). The molecule has 1 aromatic heterocycles. The number of aromatic amines is 1. The number of H-pyrrole nitrogens is 1. The van der Waals surface area contributed by atoms with Crippen LogP contribution in [0.15, 0.2) is 10.9 Å². The van der Waals surface area contributed by atoms with E-state index in [0.29, 0.717) is 36.0 Å². The summed E-state index contributed by atoms with van der Waals surface area (Å²) in [6, 6.07) is 3.13. The quantitative estimate of drug-likeness (QED) is 0.436. The van der Waals surface area contributed by atoms with Crippen LogP contribution in [0.3, 0.4) is 0 Å². The number of nitrogens with one attached hydrogen (secondary N) is 2. The van der Waals surface area contributed by atoms with Crippen LogP contribution in [-0.2, 0) is 16.1 Å². The van der Waals surface area contributed by atoms with Gasteiger partial charge in [0, 0.05) is 55.4 Å². The predicted molar refractivity (Wildman–Crippen MR) is 165 cm³/mol. The molecule has 5 rings (SSSR count). The molecule has 4 aliphatic rings. The number of morpholine rings is 1. The SMILES string of the molecule is CCN(C1CCCC1)C1CC(C2CCC(CN3CCOCC3)CC2)CC(C(=O)NCc2c(C)cc(C)[nH]c2=O)C1C. The third kappa shape index (κ3) is 7.45. The Morgan fingerprint density at radius 1 is 1.05 bits per heavy atom. The maximum absolute atomic E-state index is 13.9. The lowest BCUT2D eigenvalue weighted by Crippen LogP contribution is -2.54. The average molecular weight is 569 g/mol. The molecule has 230 valence electrons. The Morgan fingerprint density at radius 3 is 2.41 bits per heavy atom. The second-order valence-corrected chi connectivity index (χ2v) is 13.9. The molecular formula is C34H56N4O3. The summed E-state index contributed by atoms with van der Waals surface area (Å²) >= 11 is 0. The van der Waals surface area contributed by atoms with Crippen LogP contribution in [0.4, 0.5) is 0 Å². The molecule has 4 unspecified atom stereocenters. The van der Waals surface area contributed by atoms with E-state index in [2.05, 4.69) is 33.9 Å². The molecule has 0 spiro atoms. The van der Waals surface area contributed by atoms with E-state index >= 15 is 0 Å². The highest BCUT2D eigenvalue weighted by atomic mass is 16.5. The van der Waals surface area contributed by atoms with E-state index in [1.54, 1.807) is 0 Å². The maximum atomic E-state index is 13.9. The summed E-state index contributed by atoms with van der Waals surface area (Å²) in [6.07, 6.45) is 12.8. The highest BCUT2D eigenvalue weighted by Gasteiger charge is 2.45. The Balaban J connectivity index is 1.27. The van der Waals surface area contributed by atoms with Crippen molar-refractivity contribution in [1.82, 2.24) is 20.1 Å². The molecular weight excluding hydrogens is 512 g/mol. The number of pyridine rings is 1. The third-order valence-corrected chi connectivity index (χ3v) is 11.4. The van der Waals surface area contributed by atoms with Crippen molar-refractivity contribution in [2.45, 2.75) is 111 Å². The molecule has 0 radical (unpaired) electrons. The first kappa shape index (κ1) is 30.7. The van der Waals surface area contributed by atoms with Crippen LogP contribution in [0.1, 0.15) is 94.9 Å². The van der Waals surface area contributed by atoms with Crippen molar-refractivity contribution in [3.05, 3.63) is 33.2 Å². The molecule has 1 aromatic rings. The van der Waals surface area contributed by atoms with Gasteiger partial charge in [-0.2, -0.15) is 0 Å². The van der Waals surface area contributed by atoms with Crippen molar-refractivity contribution < 1.29 is 9.53 Å². The summed E-state index contributed by atoms with van der Waals surface area (Å²) in [5, 5.41) is 3.23. The first-order valence-electron chi connectivity index (χ1n) is 16.9. The van der Waals surface area contributed by atoms with Crippen molar-refractivity contribution in [3.8, 4) is 0 Å². The van der Waals surface area contributed by atoms with Crippen LogP contribution in [0.5, 0.6) is 0 Å². The molecule has 0 aromatic carbocycles. The van der Waals surface area contributed by atoms with Crippen molar-refractivity contribution in [3.63, 3.8) is 0 Å². The summed E-state index contributed by atoms with van der Waals surface area (Å²) in [5.74, 6) is 2.62. The zero-order valence-electron chi connectivity index (χ0n) is 26.3. The first-order chi connectivity index (χ1) is 19.8. The zero-order chi connectivity index (χ0) is 28.9. The number of hydrogen-bond donors (Lipinski definition) is 2. The molecule has 3 saturated carbocycles. The largest absolute Gasteiger partial charge is 0.379 e.